The predicted octanol–water partition coefficient (Wildman–Crippen LogP) is 3.55. The van der Waals surface area contributed by atoms with Gasteiger partial charge in [-0.15, -0.1) is 0 Å². The molecule has 1 N–H and O–H groups in total. The molecule has 0 atom stereocenters. The molecule has 0 aromatic carbocycles. The zero-order chi connectivity index (χ0) is 15.3. The zero-order valence-corrected chi connectivity index (χ0v) is 14.7. The number of pyridine rings is 1. The fourth-order valence-corrected chi connectivity index (χ4v) is 3.60. The lowest BCUT2D eigenvalue weighted by Crippen LogP contribution is -2.28. The quantitative estimate of drug-likeness (QED) is 0.900. The summed E-state index contributed by atoms with van der Waals surface area (Å²) in [7, 11) is 0. The fourth-order valence-electron chi connectivity index (χ4n) is 2.50. The molecule has 0 unspecified atom stereocenters. The van der Waals surface area contributed by atoms with Crippen molar-refractivity contribution in [1.29, 1.82) is 0 Å². The van der Waals surface area contributed by atoms with E-state index in [1.807, 2.05) is 6.20 Å². The number of nitrogens with one attached hydrogen (secondary N) is 1. The number of aromatic nitrogens is 1. The molecule has 118 valence electrons. The Labute approximate surface area is 133 Å². The van der Waals surface area contributed by atoms with Gasteiger partial charge < -0.3 is 10.2 Å². The van der Waals surface area contributed by atoms with Crippen molar-refractivity contribution in [2.75, 3.05) is 30.3 Å². The maximum Gasteiger partial charge on any atom is 0.128 e. The van der Waals surface area contributed by atoms with Gasteiger partial charge in [-0.3, -0.25) is 0 Å². The summed E-state index contributed by atoms with van der Waals surface area (Å²) >= 11 is 2.08. The van der Waals surface area contributed by atoms with Crippen molar-refractivity contribution in [1.82, 2.24) is 10.3 Å². The summed E-state index contributed by atoms with van der Waals surface area (Å²) in [5, 5.41) is 3.51. The number of hydrogen-bond acceptors (Lipinski definition) is 4. The van der Waals surface area contributed by atoms with Crippen LogP contribution >= 0.6 is 11.8 Å². The molecule has 1 aliphatic heterocycles. The van der Waals surface area contributed by atoms with Crippen LogP contribution in [-0.2, 0) is 6.54 Å². The van der Waals surface area contributed by atoms with Gasteiger partial charge in [0.1, 0.15) is 5.82 Å². The normalized spacial score (nSPS) is 18.8. The lowest BCUT2D eigenvalue weighted by Gasteiger charge is -2.23. The average Bonchev–Trinajstić information content (AvgIpc) is 2.60. The van der Waals surface area contributed by atoms with Gasteiger partial charge in [0.2, 0.25) is 0 Å². The van der Waals surface area contributed by atoms with Crippen LogP contribution in [0.25, 0.3) is 0 Å². The number of nitrogens with zero attached hydrogens (tertiary/aromatic N) is 2. The largest absolute Gasteiger partial charge is 0.356 e. The highest BCUT2D eigenvalue weighted by Crippen LogP contribution is 2.31. The Kier molecular flexibility index (Phi) is 5.94. The van der Waals surface area contributed by atoms with Gasteiger partial charge in [-0.2, -0.15) is 11.8 Å². The standard InChI is InChI=1S/C17H29N3S/c1-14(2)12-18-13-15-5-7-19-16(11-15)20-8-6-17(3,4)21-10-9-20/h5,7,11,14,18H,6,8-10,12-13H2,1-4H3. The molecule has 0 spiro atoms. The Hall–Kier alpha value is -0.740. The van der Waals surface area contributed by atoms with Crippen molar-refractivity contribution in [3.63, 3.8) is 0 Å². The molecule has 1 fully saturated rings. The van der Waals surface area contributed by atoms with Crippen molar-refractivity contribution >= 4 is 17.6 Å². The third-order valence-corrected chi connectivity index (χ3v) is 5.23. The first-order valence-electron chi connectivity index (χ1n) is 8.01. The first-order chi connectivity index (χ1) is 9.96. The van der Waals surface area contributed by atoms with Gasteiger partial charge in [0.25, 0.3) is 0 Å². The Bertz CT molecular complexity index is 445. The Morgan fingerprint density at radius 2 is 2.19 bits per heavy atom. The second kappa shape index (κ2) is 7.50. The minimum Gasteiger partial charge on any atom is -0.356 e. The van der Waals surface area contributed by atoms with E-state index in [0.29, 0.717) is 10.7 Å². The summed E-state index contributed by atoms with van der Waals surface area (Å²) in [6.45, 7) is 13.4. The van der Waals surface area contributed by atoms with Crippen molar-refractivity contribution in [2.24, 2.45) is 5.92 Å². The third-order valence-electron chi connectivity index (χ3n) is 3.85. The molecule has 1 aliphatic rings. The lowest BCUT2D eigenvalue weighted by atomic mass is 10.1. The summed E-state index contributed by atoms with van der Waals surface area (Å²) in [6, 6.07) is 4.36. The van der Waals surface area contributed by atoms with Crippen LogP contribution in [0.2, 0.25) is 0 Å². The van der Waals surface area contributed by atoms with Gasteiger partial charge in [-0.1, -0.05) is 27.7 Å². The molecule has 21 heavy (non-hydrogen) atoms. The number of thioether (sulfide) groups is 1. The molecule has 0 bridgehead atoms. The molecule has 1 aromatic rings. The maximum absolute atomic E-state index is 4.58. The molecule has 2 rings (SSSR count). The molecular weight excluding hydrogens is 278 g/mol. The van der Waals surface area contributed by atoms with Crippen LogP contribution in [0, 0.1) is 5.92 Å². The van der Waals surface area contributed by atoms with Crippen molar-refractivity contribution in [2.45, 2.75) is 45.4 Å². The summed E-state index contributed by atoms with van der Waals surface area (Å²) in [6.07, 6.45) is 3.17. The highest BCUT2D eigenvalue weighted by atomic mass is 32.2. The van der Waals surface area contributed by atoms with E-state index in [-0.39, 0.29) is 0 Å². The van der Waals surface area contributed by atoms with Crippen LogP contribution in [0.3, 0.4) is 0 Å². The number of anilines is 1. The molecule has 4 heteroatoms. The van der Waals surface area contributed by atoms with Gasteiger partial charge in [-0.25, -0.2) is 4.98 Å². The Morgan fingerprint density at radius 3 is 2.95 bits per heavy atom. The van der Waals surface area contributed by atoms with Crippen LogP contribution in [0.4, 0.5) is 5.82 Å². The average molecular weight is 308 g/mol. The minimum absolute atomic E-state index is 0.394. The summed E-state index contributed by atoms with van der Waals surface area (Å²) < 4.78 is 0.394. The van der Waals surface area contributed by atoms with Crippen LogP contribution in [0.15, 0.2) is 18.3 Å². The van der Waals surface area contributed by atoms with Gasteiger partial charge in [0.05, 0.1) is 0 Å². The smallest absolute Gasteiger partial charge is 0.128 e. The summed E-state index contributed by atoms with van der Waals surface area (Å²) in [5.41, 5.74) is 1.33. The van der Waals surface area contributed by atoms with Crippen molar-refractivity contribution in [3.8, 4) is 0 Å². The maximum atomic E-state index is 4.58. The Balaban J connectivity index is 1.96. The van der Waals surface area contributed by atoms with E-state index >= 15 is 0 Å². The molecule has 1 aromatic heterocycles. The first kappa shape index (κ1) is 16.6. The van der Waals surface area contributed by atoms with E-state index in [4.69, 9.17) is 0 Å². The third kappa shape index (κ3) is 5.51. The van der Waals surface area contributed by atoms with E-state index in [1.165, 1.54) is 17.7 Å². The molecule has 0 saturated carbocycles. The summed E-state index contributed by atoms with van der Waals surface area (Å²) in [4.78, 5) is 7.02. The van der Waals surface area contributed by atoms with Crippen molar-refractivity contribution in [3.05, 3.63) is 23.9 Å². The SMILES string of the molecule is CC(C)CNCc1ccnc(N2CCSC(C)(C)CC2)c1. The monoisotopic (exact) mass is 307 g/mol. The van der Waals surface area contributed by atoms with E-state index in [2.05, 4.69) is 66.8 Å². The molecule has 0 amide bonds. The van der Waals surface area contributed by atoms with Crippen molar-refractivity contribution < 1.29 is 0 Å². The molecule has 0 aliphatic carbocycles. The van der Waals surface area contributed by atoms with Gasteiger partial charge >= 0.3 is 0 Å². The Morgan fingerprint density at radius 1 is 1.38 bits per heavy atom. The van der Waals surface area contributed by atoms with Crippen LogP contribution in [0.1, 0.15) is 39.7 Å². The van der Waals surface area contributed by atoms with Gasteiger partial charge in [-0.05, 0) is 36.6 Å². The molecule has 3 nitrogen and oxygen atoms in total. The zero-order valence-electron chi connectivity index (χ0n) is 13.9. The minimum atomic E-state index is 0.394. The van der Waals surface area contributed by atoms with E-state index in [9.17, 15) is 0 Å². The first-order valence-corrected chi connectivity index (χ1v) is 8.99. The molecular formula is C17H29N3S. The highest BCUT2D eigenvalue weighted by Gasteiger charge is 2.24. The van der Waals surface area contributed by atoms with E-state index < -0.39 is 0 Å². The molecule has 2 heterocycles. The van der Waals surface area contributed by atoms with E-state index in [0.717, 1.165) is 32.0 Å². The highest BCUT2D eigenvalue weighted by molar-refractivity contribution is 8.00. The number of hydrogen-bond donors (Lipinski definition) is 1. The topological polar surface area (TPSA) is 28.2 Å². The number of rotatable bonds is 5. The molecule has 0 radical (unpaired) electrons. The van der Waals surface area contributed by atoms with Crippen LogP contribution < -0.4 is 10.2 Å². The molecule has 1 saturated heterocycles. The lowest BCUT2D eigenvalue weighted by molar-refractivity contribution is 0.552. The van der Waals surface area contributed by atoms with Gasteiger partial charge in [0, 0.05) is 36.3 Å². The predicted molar refractivity (Wildman–Crippen MR) is 94.1 cm³/mol. The van der Waals surface area contributed by atoms with Crippen LogP contribution in [0.5, 0.6) is 0 Å². The second-order valence-electron chi connectivity index (χ2n) is 6.89. The van der Waals surface area contributed by atoms with Crippen LogP contribution in [-0.4, -0.2) is 35.1 Å². The van der Waals surface area contributed by atoms with Gasteiger partial charge in [0.15, 0.2) is 0 Å². The summed E-state index contributed by atoms with van der Waals surface area (Å²) in [5.74, 6) is 3.01. The van der Waals surface area contributed by atoms with E-state index in [1.54, 1.807) is 0 Å². The second-order valence-corrected chi connectivity index (χ2v) is 8.69. The fraction of sp³-hybridized carbons (Fsp3) is 0.706.